The number of pyridine rings is 1. The fourth-order valence-electron chi connectivity index (χ4n) is 5.92. The molecule has 2 aromatic heterocycles. The Hall–Kier alpha value is -3.65. The summed E-state index contributed by atoms with van der Waals surface area (Å²) in [5, 5.41) is 8.56. The molecule has 2 aromatic carbocycles. The molecule has 2 saturated heterocycles. The molecule has 6 bridgehead atoms. The van der Waals surface area contributed by atoms with Crippen LogP contribution in [0.3, 0.4) is 0 Å². The molecule has 7 rings (SSSR count). The summed E-state index contributed by atoms with van der Waals surface area (Å²) < 4.78 is 27.3. The molecule has 3 aliphatic heterocycles. The number of H-pyrrole nitrogens is 1. The number of hydrogen-bond acceptors (Lipinski definition) is 6. The predicted molar refractivity (Wildman–Crippen MR) is 137 cm³/mol. The van der Waals surface area contributed by atoms with E-state index in [1.807, 2.05) is 6.07 Å². The molecule has 0 aliphatic carbocycles. The highest BCUT2D eigenvalue weighted by molar-refractivity contribution is 5.95. The molecule has 2 atom stereocenters. The Bertz CT molecular complexity index is 1440. The minimum atomic E-state index is -0.361. The highest BCUT2D eigenvalue weighted by atomic mass is 19.1. The molecule has 184 valence electrons. The van der Waals surface area contributed by atoms with Crippen LogP contribution in [0.5, 0.6) is 11.5 Å². The van der Waals surface area contributed by atoms with Gasteiger partial charge in [0.05, 0.1) is 41.9 Å². The summed E-state index contributed by atoms with van der Waals surface area (Å²) in [7, 11) is 2.25. The van der Waals surface area contributed by atoms with Gasteiger partial charge < -0.3 is 14.4 Å². The number of likely N-dealkylation sites (N-methyl/N-ethyl adjacent to an activating group) is 1. The van der Waals surface area contributed by atoms with Gasteiger partial charge in [-0.15, -0.1) is 0 Å². The van der Waals surface area contributed by atoms with Crippen molar-refractivity contribution in [3.05, 3.63) is 54.5 Å². The van der Waals surface area contributed by atoms with Crippen LogP contribution in [0.2, 0.25) is 0 Å². The lowest BCUT2D eigenvalue weighted by molar-refractivity contribution is 0.210. The molecule has 3 aliphatic rings. The van der Waals surface area contributed by atoms with Crippen LogP contribution >= 0.6 is 0 Å². The Labute approximate surface area is 208 Å². The minimum absolute atomic E-state index is 0.361. The highest BCUT2D eigenvalue weighted by Gasteiger charge is 2.38. The van der Waals surface area contributed by atoms with Gasteiger partial charge in [-0.25, -0.2) is 4.39 Å². The van der Waals surface area contributed by atoms with Gasteiger partial charge in [0, 0.05) is 42.5 Å². The summed E-state index contributed by atoms with van der Waals surface area (Å²) in [4.78, 5) is 9.53. The third-order valence-corrected chi connectivity index (χ3v) is 7.90. The van der Waals surface area contributed by atoms with E-state index in [1.165, 1.54) is 18.9 Å². The van der Waals surface area contributed by atoms with E-state index in [0.717, 1.165) is 46.7 Å². The number of fused-ring (bicyclic) bond motifs is 8. The van der Waals surface area contributed by atoms with Gasteiger partial charge in [0.15, 0.2) is 0 Å². The van der Waals surface area contributed by atoms with Crippen molar-refractivity contribution in [2.45, 2.75) is 31.3 Å². The number of anilines is 1. The molecule has 0 radical (unpaired) electrons. The number of nitrogens with zero attached hydrogens (tertiary/aromatic N) is 4. The summed E-state index contributed by atoms with van der Waals surface area (Å²) in [6.07, 6.45) is 4.88. The van der Waals surface area contributed by atoms with E-state index >= 15 is 0 Å². The van der Waals surface area contributed by atoms with Gasteiger partial charge in [0.25, 0.3) is 0 Å². The largest absolute Gasteiger partial charge is 0.493 e. The predicted octanol–water partition coefficient (Wildman–Crippen LogP) is 4.88. The standard InChI is InChI=1S/C28H28FN5O2/c1-33-18-7-8-19(33)16-34(15-18)24-9-6-17-12-26(24)36-11-3-10-35-25-5-2-4-21(29)27(25)22-13-20-23(14-30-22)31-32-28(17)20/h2,4-6,9,12-14,18-19H,3,7-8,10-11,15-16H2,1H3,(H,31,32). The van der Waals surface area contributed by atoms with Crippen molar-refractivity contribution in [3.63, 3.8) is 0 Å². The number of rotatable bonds is 1. The number of benzene rings is 2. The molecular weight excluding hydrogens is 457 g/mol. The van der Waals surface area contributed by atoms with E-state index in [0.29, 0.717) is 48.7 Å². The van der Waals surface area contributed by atoms with Crippen molar-refractivity contribution in [1.82, 2.24) is 20.1 Å². The molecule has 0 amide bonds. The molecule has 0 saturated carbocycles. The Morgan fingerprint density at radius 1 is 1.00 bits per heavy atom. The second-order valence-electron chi connectivity index (χ2n) is 9.99. The minimum Gasteiger partial charge on any atom is -0.493 e. The maximum atomic E-state index is 14.9. The summed E-state index contributed by atoms with van der Waals surface area (Å²) in [5.74, 6) is 0.988. The highest BCUT2D eigenvalue weighted by Crippen LogP contribution is 2.40. The first kappa shape index (κ1) is 21.6. The van der Waals surface area contributed by atoms with Gasteiger partial charge in [0.1, 0.15) is 23.0 Å². The molecule has 2 unspecified atom stereocenters. The van der Waals surface area contributed by atoms with E-state index in [4.69, 9.17) is 9.47 Å². The van der Waals surface area contributed by atoms with Crippen molar-refractivity contribution >= 4 is 16.6 Å². The Morgan fingerprint density at radius 2 is 1.81 bits per heavy atom. The third-order valence-electron chi connectivity index (χ3n) is 7.90. The van der Waals surface area contributed by atoms with Crippen LogP contribution in [-0.2, 0) is 0 Å². The monoisotopic (exact) mass is 485 g/mol. The summed E-state index contributed by atoms with van der Waals surface area (Å²) in [5.41, 5.74) is 4.56. The Balaban J connectivity index is 1.34. The van der Waals surface area contributed by atoms with Crippen molar-refractivity contribution in [2.75, 3.05) is 38.3 Å². The average molecular weight is 486 g/mol. The number of ether oxygens (including phenoxy) is 2. The molecule has 1 N–H and O–H groups in total. The number of nitrogens with one attached hydrogen (secondary N) is 1. The normalized spacial score (nSPS) is 21.7. The smallest absolute Gasteiger partial charge is 0.143 e. The van der Waals surface area contributed by atoms with Crippen molar-refractivity contribution in [3.8, 4) is 34.0 Å². The fraction of sp³-hybridized carbons (Fsp3) is 0.357. The first-order valence-electron chi connectivity index (χ1n) is 12.7. The maximum Gasteiger partial charge on any atom is 0.143 e. The maximum absolute atomic E-state index is 14.9. The van der Waals surface area contributed by atoms with Gasteiger partial charge in [-0.2, -0.15) is 5.10 Å². The Kier molecular flexibility index (Phi) is 5.09. The first-order chi connectivity index (χ1) is 17.7. The van der Waals surface area contributed by atoms with Gasteiger partial charge in [-0.3, -0.25) is 15.0 Å². The molecule has 8 heteroatoms. The van der Waals surface area contributed by atoms with E-state index in [1.54, 1.807) is 18.3 Å². The molecule has 2 fully saturated rings. The molecule has 5 heterocycles. The fourth-order valence-corrected chi connectivity index (χ4v) is 5.92. The van der Waals surface area contributed by atoms with Crippen LogP contribution in [-0.4, -0.2) is 65.5 Å². The van der Waals surface area contributed by atoms with Crippen LogP contribution in [0.15, 0.2) is 48.7 Å². The quantitative estimate of drug-likeness (QED) is 0.415. The topological polar surface area (TPSA) is 66.5 Å². The second-order valence-corrected chi connectivity index (χ2v) is 9.99. The van der Waals surface area contributed by atoms with E-state index in [9.17, 15) is 4.39 Å². The zero-order valence-electron chi connectivity index (χ0n) is 20.2. The van der Waals surface area contributed by atoms with E-state index in [2.05, 4.69) is 50.2 Å². The molecular formula is C28H28FN5O2. The summed E-state index contributed by atoms with van der Waals surface area (Å²) >= 11 is 0. The van der Waals surface area contributed by atoms with Gasteiger partial charge in [-0.05, 0) is 50.2 Å². The van der Waals surface area contributed by atoms with E-state index < -0.39 is 0 Å². The number of piperazine rings is 1. The number of aromatic amines is 1. The third kappa shape index (κ3) is 3.51. The van der Waals surface area contributed by atoms with Crippen LogP contribution in [0, 0.1) is 5.82 Å². The van der Waals surface area contributed by atoms with Crippen LogP contribution in [0.1, 0.15) is 19.3 Å². The van der Waals surface area contributed by atoms with Crippen molar-refractivity contribution < 1.29 is 13.9 Å². The molecule has 36 heavy (non-hydrogen) atoms. The molecule has 0 spiro atoms. The molecule has 7 nitrogen and oxygen atoms in total. The summed E-state index contributed by atoms with van der Waals surface area (Å²) in [6.45, 7) is 2.94. The molecule has 4 aromatic rings. The Morgan fingerprint density at radius 3 is 2.64 bits per heavy atom. The average Bonchev–Trinajstić information content (AvgIpc) is 3.37. The van der Waals surface area contributed by atoms with Crippen molar-refractivity contribution in [2.24, 2.45) is 0 Å². The lowest BCUT2D eigenvalue weighted by Crippen LogP contribution is -2.52. The SMILES string of the molecule is CN1C2CCC1CN(c1ccc3cc1OCCCOc1cccc(F)c1-c1cc4c-3n[nH]c4cn1)C2. The zero-order chi connectivity index (χ0) is 24.2. The zero-order valence-corrected chi connectivity index (χ0v) is 20.2. The van der Waals surface area contributed by atoms with Gasteiger partial charge >= 0.3 is 0 Å². The number of aromatic nitrogens is 3. The number of halogens is 1. The first-order valence-corrected chi connectivity index (χ1v) is 12.7. The lowest BCUT2D eigenvalue weighted by atomic mass is 10.0. The van der Waals surface area contributed by atoms with Crippen LogP contribution in [0.25, 0.3) is 33.4 Å². The summed E-state index contributed by atoms with van der Waals surface area (Å²) in [6, 6.07) is 14.3. The van der Waals surface area contributed by atoms with E-state index in [-0.39, 0.29) is 5.82 Å². The van der Waals surface area contributed by atoms with Crippen LogP contribution < -0.4 is 14.4 Å². The van der Waals surface area contributed by atoms with Gasteiger partial charge in [0.2, 0.25) is 0 Å². The number of hydrogen-bond donors (Lipinski definition) is 1. The van der Waals surface area contributed by atoms with Crippen LogP contribution in [0.4, 0.5) is 10.1 Å². The van der Waals surface area contributed by atoms with Crippen molar-refractivity contribution in [1.29, 1.82) is 0 Å². The lowest BCUT2D eigenvalue weighted by Gasteiger charge is -2.40. The second kappa shape index (κ2) is 8.48. The van der Waals surface area contributed by atoms with Gasteiger partial charge in [-0.1, -0.05) is 12.1 Å².